The minimum atomic E-state index is -0.183. The zero-order valence-corrected chi connectivity index (χ0v) is 12.6. The fraction of sp³-hybridized carbons (Fsp3) is 0.625. The Hall–Kier alpha value is -0.930. The third-order valence-corrected chi connectivity index (χ3v) is 3.37. The minimum absolute atomic E-state index is 0.00589. The van der Waals surface area contributed by atoms with Gasteiger partial charge in [0.2, 0.25) is 0 Å². The SMILES string of the molecule is CC(C)(N)CCCNCC(C)(C)c1ccc(F)cc1. The number of halogens is 1. The molecule has 0 radical (unpaired) electrons. The van der Waals surface area contributed by atoms with Crippen molar-refractivity contribution in [2.45, 2.75) is 51.5 Å². The second-order valence-electron chi connectivity index (χ2n) is 6.66. The van der Waals surface area contributed by atoms with Crippen LogP contribution in [0.4, 0.5) is 4.39 Å². The largest absolute Gasteiger partial charge is 0.326 e. The van der Waals surface area contributed by atoms with Crippen LogP contribution >= 0.6 is 0 Å². The third-order valence-electron chi connectivity index (χ3n) is 3.37. The fourth-order valence-corrected chi connectivity index (χ4v) is 2.07. The summed E-state index contributed by atoms with van der Waals surface area (Å²) >= 11 is 0. The number of nitrogens with one attached hydrogen (secondary N) is 1. The Morgan fingerprint density at radius 1 is 1.11 bits per heavy atom. The van der Waals surface area contributed by atoms with E-state index in [9.17, 15) is 4.39 Å². The van der Waals surface area contributed by atoms with E-state index in [1.807, 2.05) is 12.1 Å². The van der Waals surface area contributed by atoms with Crippen LogP contribution in [0.5, 0.6) is 0 Å². The summed E-state index contributed by atoms with van der Waals surface area (Å²) in [5.41, 5.74) is 7.02. The molecule has 0 saturated heterocycles. The maximum absolute atomic E-state index is 12.9. The maximum atomic E-state index is 12.9. The average molecular weight is 266 g/mol. The van der Waals surface area contributed by atoms with Crippen LogP contribution < -0.4 is 11.1 Å². The zero-order chi connectivity index (χ0) is 14.5. The molecule has 1 aromatic carbocycles. The highest BCUT2D eigenvalue weighted by molar-refractivity contribution is 5.24. The van der Waals surface area contributed by atoms with Crippen molar-refractivity contribution in [3.05, 3.63) is 35.6 Å². The van der Waals surface area contributed by atoms with Crippen LogP contribution in [0.2, 0.25) is 0 Å². The number of rotatable bonds is 7. The topological polar surface area (TPSA) is 38.0 Å². The first kappa shape index (κ1) is 16.1. The average Bonchev–Trinajstić information content (AvgIpc) is 2.27. The normalized spacial score (nSPS) is 12.7. The van der Waals surface area contributed by atoms with E-state index in [2.05, 4.69) is 33.0 Å². The number of nitrogens with two attached hydrogens (primary N) is 1. The Labute approximate surface area is 116 Å². The van der Waals surface area contributed by atoms with Gasteiger partial charge in [-0.2, -0.15) is 0 Å². The van der Waals surface area contributed by atoms with E-state index >= 15 is 0 Å². The van der Waals surface area contributed by atoms with E-state index < -0.39 is 0 Å². The molecule has 19 heavy (non-hydrogen) atoms. The van der Waals surface area contributed by atoms with Gasteiger partial charge in [0, 0.05) is 17.5 Å². The molecule has 0 aliphatic carbocycles. The third kappa shape index (κ3) is 6.17. The molecule has 0 atom stereocenters. The molecule has 0 aromatic heterocycles. The van der Waals surface area contributed by atoms with Crippen LogP contribution in [-0.2, 0) is 5.41 Å². The first-order valence-electron chi connectivity index (χ1n) is 6.96. The van der Waals surface area contributed by atoms with Gasteiger partial charge in [0.1, 0.15) is 5.82 Å². The van der Waals surface area contributed by atoms with Crippen molar-refractivity contribution in [2.24, 2.45) is 5.73 Å². The van der Waals surface area contributed by atoms with Crippen molar-refractivity contribution in [3.8, 4) is 0 Å². The maximum Gasteiger partial charge on any atom is 0.123 e. The lowest BCUT2D eigenvalue weighted by Crippen LogP contribution is -2.36. The summed E-state index contributed by atoms with van der Waals surface area (Å²) in [5.74, 6) is -0.183. The monoisotopic (exact) mass is 266 g/mol. The summed E-state index contributed by atoms with van der Waals surface area (Å²) in [6.45, 7) is 10.3. The summed E-state index contributed by atoms with van der Waals surface area (Å²) in [7, 11) is 0. The quantitative estimate of drug-likeness (QED) is 0.744. The van der Waals surface area contributed by atoms with Gasteiger partial charge in [-0.05, 0) is 50.9 Å². The van der Waals surface area contributed by atoms with Gasteiger partial charge in [0.05, 0.1) is 0 Å². The van der Waals surface area contributed by atoms with Gasteiger partial charge in [-0.25, -0.2) is 4.39 Å². The number of hydrogen-bond donors (Lipinski definition) is 2. The van der Waals surface area contributed by atoms with Crippen LogP contribution in [-0.4, -0.2) is 18.6 Å². The fourth-order valence-electron chi connectivity index (χ4n) is 2.07. The van der Waals surface area contributed by atoms with Crippen LogP contribution in [0.15, 0.2) is 24.3 Å². The predicted octanol–water partition coefficient (Wildman–Crippen LogP) is 3.21. The van der Waals surface area contributed by atoms with Gasteiger partial charge in [-0.15, -0.1) is 0 Å². The van der Waals surface area contributed by atoms with Crippen molar-refractivity contribution in [3.63, 3.8) is 0 Å². The lowest BCUT2D eigenvalue weighted by Gasteiger charge is -2.26. The molecule has 0 heterocycles. The zero-order valence-electron chi connectivity index (χ0n) is 12.6. The van der Waals surface area contributed by atoms with Crippen LogP contribution in [0, 0.1) is 5.82 Å². The van der Waals surface area contributed by atoms with Crippen molar-refractivity contribution in [2.75, 3.05) is 13.1 Å². The lowest BCUT2D eigenvalue weighted by molar-refractivity contribution is 0.424. The second kappa shape index (κ2) is 6.49. The molecule has 0 spiro atoms. The smallest absolute Gasteiger partial charge is 0.123 e. The van der Waals surface area contributed by atoms with E-state index in [0.717, 1.165) is 31.5 Å². The highest BCUT2D eigenvalue weighted by Gasteiger charge is 2.20. The van der Waals surface area contributed by atoms with Gasteiger partial charge in [-0.3, -0.25) is 0 Å². The van der Waals surface area contributed by atoms with Crippen molar-refractivity contribution >= 4 is 0 Å². The molecule has 0 unspecified atom stereocenters. The Balaban J connectivity index is 2.37. The molecule has 108 valence electrons. The lowest BCUT2D eigenvalue weighted by atomic mass is 9.84. The van der Waals surface area contributed by atoms with Gasteiger partial charge in [0.15, 0.2) is 0 Å². The first-order chi connectivity index (χ1) is 8.71. The highest BCUT2D eigenvalue weighted by atomic mass is 19.1. The molecule has 0 aliphatic heterocycles. The number of hydrogen-bond acceptors (Lipinski definition) is 2. The molecule has 1 aromatic rings. The molecule has 0 fully saturated rings. The summed E-state index contributed by atoms with van der Waals surface area (Å²) in [6.07, 6.45) is 2.08. The Morgan fingerprint density at radius 3 is 2.21 bits per heavy atom. The van der Waals surface area contributed by atoms with Crippen LogP contribution in [0.1, 0.15) is 46.1 Å². The van der Waals surface area contributed by atoms with Gasteiger partial charge < -0.3 is 11.1 Å². The molecule has 0 bridgehead atoms. The molecular formula is C16H27FN2. The van der Waals surface area contributed by atoms with Gasteiger partial charge in [-0.1, -0.05) is 26.0 Å². The standard InChI is InChI=1S/C16H27FN2/c1-15(2,13-6-8-14(17)9-7-13)12-19-11-5-10-16(3,4)18/h6-9,19H,5,10-12,18H2,1-4H3. The molecule has 0 saturated carbocycles. The second-order valence-corrected chi connectivity index (χ2v) is 6.66. The highest BCUT2D eigenvalue weighted by Crippen LogP contribution is 2.22. The van der Waals surface area contributed by atoms with Crippen LogP contribution in [0.3, 0.4) is 0 Å². The molecule has 2 nitrogen and oxygen atoms in total. The molecular weight excluding hydrogens is 239 g/mol. The summed E-state index contributed by atoms with van der Waals surface area (Å²) in [5, 5.41) is 3.46. The van der Waals surface area contributed by atoms with Crippen molar-refractivity contribution in [1.29, 1.82) is 0 Å². The number of benzene rings is 1. The van der Waals surface area contributed by atoms with Crippen LogP contribution in [0.25, 0.3) is 0 Å². The Kier molecular flexibility index (Phi) is 5.50. The summed E-state index contributed by atoms with van der Waals surface area (Å²) in [4.78, 5) is 0. The van der Waals surface area contributed by atoms with E-state index in [1.165, 1.54) is 12.1 Å². The van der Waals surface area contributed by atoms with Gasteiger partial charge in [0.25, 0.3) is 0 Å². The molecule has 0 aliphatic rings. The molecule has 1 rings (SSSR count). The predicted molar refractivity (Wildman–Crippen MR) is 79.8 cm³/mol. The minimum Gasteiger partial charge on any atom is -0.326 e. The summed E-state index contributed by atoms with van der Waals surface area (Å²) < 4.78 is 12.9. The Morgan fingerprint density at radius 2 is 1.68 bits per heavy atom. The molecule has 3 N–H and O–H groups in total. The molecule has 3 heteroatoms. The van der Waals surface area contributed by atoms with E-state index in [-0.39, 0.29) is 16.8 Å². The van der Waals surface area contributed by atoms with E-state index in [4.69, 9.17) is 5.73 Å². The summed E-state index contributed by atoms with van der Waals surface area (Å²) in [6, 6.07) is 6.77. The first-order valence-corrected chi connectivity index (χ1v) is 6.96. The Bertz CT molecular complexity index is 377. The van der Waals surface area contributed by atoms with E-state index in [0.29, 0.717) is 0 Å². The van der Waals surface area contributed by atoms with E-state index in [1.54, 1.807) is 0 Å². The van der Waals surface area contributed by atoms with Crippen molar-refractivity contribution in [1.82, 2.24) is 5.32 Å². The van der Waals surface area contributed by atoms with Gasteiger partial charge >= 0.3 is 0 Å². The van der Waals surface area contributed by atoms with Crippen molar-refractivity contribution < 1.29 is 4.39 Å². The molecule has 0 amide bonds.